The average Bonchev–Trinajstić information content (AvgIpc) is 2.92. The fraction of sp³-hybridized carbons (Fsp3) is 0.600. The lowest BCUT2D eigenvalue weighted by molar-refractivity contribution is 0.387. The van der Waals surface area contributed by atoms with Gasteiger partial charge in [0.1, 0.15) is 0 Å². The molecule has 1 aliphatic rings. The van der Waals surface area contributed by atoms with Crippen molar-refractivity contribution in [2.75, 3.05) is 20.1 Å². The molecule has 20 heavy (non-hydrogen) atoms. The van der Waals surface area contributed by atoms with Gasteiger partial charge < -0.3 is 5.73 Å². The predicted molar refractivity (Wildman–Crippen MR) is 81.0 cm³/mol. The highest BCUT2D eigenvalue weighted by Crippen LogP contribution is 2.27. The first-order valence-corrected chi connectivity index (χ1v) is 8.73. The van der Waals surface area contributed by atoms with Crippen LogP contribution in [0.4, 0.5) is 0 Å². The molecule has 0 aromatic heterocycles. The quantitative estimate of drug-likeness (QED) is 0.873. The zero-order chi connectivity index (χ0) is 14.6. The molecular formula is C15H24N2O2S. The number of nitrogens with two attached hydrogens (primary N) is 1. The highest BCUT2D eigenvalue weighted by Gasteiger charge is 2.25. The molecular weight excluding hydrogens is 272 g/mol. The van der Waals surface area contributed by atoms with Crippen LogP contribution in [0.5, 0.6) is 0 Å². The minimum Gasteiger partial charge on any atom is -0.330 e. The number of sulfonamides is 1. The molecule has 2 rings (SSSR count). The standard InChI is InChI=1S/C15H24N2O2S/c1-17(12-14-4-2-3-5-14)20(18,19)15-8-6-13(7-9-15)10-11-16/h6-9,14H,2-5,10-12,16H2,1H3. The molecule has 1 aromatic carbocycles. The van der Waals surface area contributed by atoms with Crippen molar-refractivity contribution in [3.05, 3.63) is 29.8 Å². The Kier molecular flexibility index (Phi) is 5.18. The van der Waals surface area contributed by atoms with Crippen molar-refractivity contribution in [3.8, 4) is 0 Å². The maximum Gasteiger partial charge on any atom is 0.242 e. The third-order valence-corrected chi connectivity index (χ3v) is 5.89. The van der Waals surface area contributed by atoms with Crippen LogP contribution < -0.4 is 5.73 Å². The molecule has 4 nitrogen and oxygen atoms in total. The fourth-order valence-electron chi connectivity index (χ4n) is 2.83. The van der Waals surface area contributed by atoms with E-state index in [-0.39, 0.29) is 0 Å². The first-order chi connectivity index (χ1) is 9.54. The largest absolute Gasteiger partial charge is 0.330 e. The van der Waals surface area contributed by atoms with Gasteiger partial charge in [-0.1, -0.05) is 25.0 Å². The second-order valence-corrected chi connectivity index (χ2v) is 7.66. The third-order valence-electron chi connectivity index (χ3n) is 4.05. The minimum absolute atomic E-state index is 0.374. The van der Waals surface area contributed by atoms with Crippen LogP contribution in [0.25, 0.3) is 0 Å². The molecule has 1 fully saturated rings. The van der Waals surface area contributed by atoms with Gasteiger partial charge in [-0.15, -0.1) is 0 Å². The van der Waals surface area contributed by atoms with E-state index in [2.05, 4.69) is 0 Å². The second kappa shape index (κ2) is 6.70. The first-order valence-electron chi connectivity index (χ1n) is 7.29. The SMILES string of the molecule is CN(CC1CCCC1)S(=O)(=O)c1ccc(CCN)cc1. The predicted octanol–water partition coefficient (Wildman–Crippen LogP) is 2.00. The Balaban J connectivity index is 2.07. The van der Waals surface area contributed by atoms with Crippen molar-refractivity contribution >= 4 is 10.0 Å². The van der Waals surface area contributed by atoms with E-state index in [0.717, 1.165) is 24.8 Å². The van der Waals surface area contributed by atoms with E-state index < -0.39 is 10.0 Å². The van der Waals surface area contributed by atoms with E-state index in [9.17, 15) is 8.42 Å². The molecule has 112 valence electrons. The second-order valence-electron chi connectivity index (χ2n) is 5.62. The molecule has 0 radical (unpaired) electrons. The summed E-state index contributed by atoms with van der Waals surface area (Å²) in [4.78, 5) is 0.374. The smallest absolute Gasteiger partial charge is 0.242 e. The Morgan fingerprint density at radius 3 is 2.35 bits per heavy atom. The molecule has 1 aliphatic carbocycles. The number of nitrogens with zero attached hydrogens (tertiary/aromatic N) is 1. The molecule has 0 aliphatic heterocycles. The van der Waals surface area contributed by atoms with Crippen molar-refractivity contribution in [2.24, 2.45) is 11.7 Å². The van der Waals surface area contributed by atoms with Crippen LogP contribution in [0.3, 0.4) is 0 Å². The van der Waals surface area contributed by atoms with Crippen molar-refractivity contribution < 1.29 is 8.42 Å². The van der Waals surface area contributed by atoms with Gasteiger partial charge in [0.05, 0.1) is 4.90 Å². The average molecular weight is 296 g/mol. The first kappa shape index (κ1) is 15.5. The summed E-state index contributed by atoms with van der Waals surface area (Å²) in [5, 5.41) is 0. The van der Waals surface area contributed by atoms with Gasteiger partial charge in [0.25, 0.3) is 0 Å². The third kappa shape index (κ3) is 3.59. The van der Waals surface area contributed by atoms with Gasteiger partial charge >= 0.3 is 0 Å². The van der Waals surface area contributed by atoms with Gasteiger partial charge in [0, 0.05) is 13.6 Å². The zero-order valence-corrected chi connectivity index (χ0v) is 12.9. The maximum absolute atomic E-state index is 12.5. The molecule has 1 aromatic rings. The molecule has 5 heteroatoms. The van der Waals surface area contributed by atoms with E-state index in [1.54, 1.807) is 19.2 Å². The summed E-state index contributed by atoms with van der Waals surface area (Å²) >= 11 is 0. The summed E-state index contributed by atoms with van der Waals surface area (Å²) in [7, 11) is -1.67. The Labute approximate surface area is 122 Å². The minimum atomic E-state index is -3.36. The lowest BCUT2D eigenvalue weighted by Gasteiger charge is -2.20. The lowest BCUT2D eigenvalue weighted by Crippen LogP contribution is -2.31. The Bertz CT molecular complexity index is 519. The van der Waals surface area contributed by atoms with Gasteiger partial charge in [0.15, 0.2) is 0 Å². The monoisotopic (exact) mass is 296 g/mol. The molecule has 1 saturated carbocycles. The maximum atomic E-state index is 12.5. The van der Waals surface area contributed by atoms with Gasteiger partial charge in [-0.3, -0.25) is 0 Å². The van der Waals surface area contributed by atoms with E-state index in [0.29, 0.717) is 23.9 Å². The van der Waals surface area contributed by atoms with Crippen LogP contribution in [0, 0.1) is 5.92 Å². The van der Waals surface area contributed by atoms with E-state index in [1.807, 2.05) is 12.1 Å². The van der Waals surface area contributed by atoms with Crippen LogP contribution in [0.2, 0.25) is 0 Å². The van der Waals surface area contributed by atoms with Crippen LogP contribution in [0.1, 0.15) is 31.2 Å². The normalized spacial score (nSPS) is 16.9. The number of rotatable bonds is 6. The van der Waals surface area contributed by atoms with E-state index >= 15 is 0 Å². The van der Waals surface area contributed by atoms with Crippen LogP contribution >= 0.6 is 0 Å². The zero-order valence-electron chi connectivity index (χ0n) is 12.1. The van der Waals surface area contributed by atoms with Crippen LogP contribution in [-0.2, 0) is 16.4 Å². The number of hydrogen-bond donors (Lipinski definition) is 1. The highest BCUT2D eigenvalue weighted by atomic mass is 32.2. The Morgan fingerprint density at radius 1 is 1.20 bits per heavy atom. The van der Waals surface area contributed by atoms with Gasteiger partial charge in [0.2, 0.25) is 10.0 Å². The summed E-state index contributed by atoms with van der Waals surface area (Å²) in [6.45, 7) is 1.21. The van der Waals surface area contributed by atoms with Crippen molar-refractivity contribution in [1.29, 1.82) is 0 Å². The van der Waals surface area contributed by atoms with Gasteiger partial charge in [-0.25, -0.2) is 12.7 Å². The molecule has 0 spiro atoms. The van der Waals surface area contributed by atoms with E-state index in [4.69, 9.17) is 5.73 Å². The molecule has 0 saturated heterocycles. The fourth-order valence-corrected chi connectivity index (χ4v) is 4.08. The summed E-state index contributed by atoms with van der Waals surface area (Å²) in [5.41, 5.74) is 6.57. The number of benzene rings is 1. The molecule has 0 amide bonds. The van der Waals surface area contributed by atoms with Gasteiger partial charge in [-0.2, -0.15) is 0 Å². The van der Waals surface area contributed by atoms with Crippen LogP contribution in [0.15, 0.2) is 29.2 Å². The lowest BCUT2D eigenvalue weighted by atomic mass is 10.1. The molecule has 0 unspecified atom stereocenters. The van der Waals surface area contributed by atoms with Crippen molar-refractivity contribution in [2.45, 2.75) is 37.0 Å². The van der Waals surface area contributed by atoms with E-state index in [1.165, 1.54) is 17.1 Å². The topological polar surface area (TPSA) is 63.4 Å². The van der Waals surface area contributed by atoms with Crippen molar-refractivity contribution in [1.82, 2.24) is 4.31 Å². The van der Waals surface area contributed by atoms with Crippen LogP contribution in [-0.4, -0.2) is 32.9 Å². The Hall–Kier alpha value is -0.910. The Morgan fingerprint density at radius 2 is 1.80 bits per heavy atom. The molecule has 0 atom stereocenters. The molecule has 2 N–H and O–H groups in total. The molecule has 0 bridgehead atoms. The summed E-state index contributed by atoms with van der Waals surface area (Å²) in [6.07, 6.45) is 5.53. The highest BCUT2D eigenvalue weighted by molar-refractivity contribution is 7.89. The van der Waals surface area contributed by atoms with Crippen molar-refractivity contribution in [3.63, 3.8) is 0 Å². The summed E-state index contributed by atoms with van der Waals surface area (Å²) in [5.74, 6) is 0.520. The number of hydrogen-bond acceptors (Lipinski definition) is 3. The summed E-state index contributed by atoms with van der Waals surface area (Å²) < 4.78 is 26.5. The van der Waals surface area contributed by atoms with Gasteiger partial charge in [-0.05, 0) is 49.4 Å². The summed E-state index contributed by atoms with van der Waals surface area (Å²) in [6, 6.07) is 7.07. The molecule has 0 heterocycles.